The molecule has 4 N–H and O–H groups in total. The Bertz CT molecular complexity index is 573. The number of anilines is 2. The van der Waals surface area contributed by atoms with E-state index in [9.17, 15) is 0 Å². The van der Waals surface area contributed by atoms with Crippen molar-refractivity contribution in [2.75, 3.05) is 18.6 Å². The second-order valence-electron chi connectivity index (χ2n) is 4.27. The Balaban J connectivity index is 2.25. The van der Waals surface area contributed by atoms with Crippen LogP contribution >= 0.6 is 12.2 Å². The fraction of sp³-hybridized carbons (Fsp3) is 0.133. The van der Waals surface area contributed by atoms with Crippen molar-refractivity contribution in [1.29, 1.82) is 0 Å². The number of nitrogen functional groups attached to an aromatic ring is 2. The number of methoxy groups -OCH3 is 1. The SMILES string of the molecule is COc1c(N)cc(C(=S)Cc2ccccc2)cc1N. The molecular formula is C15H16N2OS. The lowest BCUT2D eigenvalue weighted by atomic mass is 10.0. The van der Waals surface area contributed by atoms with Crippen LogP contribution in [0.3, 0.4) is 0 Å². The summed E-state index contributed by atoms with van der Waals surface area (Å²) in [6, 6.07) is 13.7. The lowest BCUT2D eigenvalue weighted by Crippen LogP contribution is -2.06. The van der Waals surface area contributed by atoms with Crippen LogP contribution < -0.4 is 16.2 Å². The van der Waals surface area contributed by atoms with Crippen LogP contribution in [0.4, 0.5) is 11.4 Å². The maximum absolute atomic E-state index is 5.90. The Kier molecular flexibility index (Phi) is 4.02. The van der Waals surface area contributed by atoms with Gasteiger partial charge in [0.25, 0.3) is 0 Å². The van der Waals surface area contributed by atoms with Crippen molar-refractivity contribution in [2.24, 2.45) is 0 Å². The highest BCUT2D eigenvalue weighted by Crippen LogP contribution is 2.30. The molecule has 4 heteroatoms. The summed E-state index contributed by atoms with van der Waals surface area (Å²) in [6.07, 6.45) is 0.696. The molecule has 0 saturated heterocycles. The third kappa shape index (κ3) is 3.03. The van der Waals surface area contributed by atoms with Gasteiger partial charge in [-0.2, -0.15) is 0 Å². The first-order valence-electron chi connectivity index (χ1n) is 5.92. The Morgan fingerprint density at radius 1 is 1.11 bits per heavy atom. The van der Waals surface area contributed by atoms with E-state index in [1.807, 2.05) is 30.3 Å². The number of ether oxygens (including phenoxy) is 1. The van der Waals surface area contributed by atoms with Crippen molar-refractivity contribution in [3.8, 4) is 5.75 Å². The van der Waals surface area contributed by atoms with Gasteiger partial charge in [-0.15, -0.1) is 0 Å². The summed E-state index contributed by atoms with van der Waals surface area (Å²) in [7, 11) is 1.55. The van der Waals surface area contributed by atoms with Crippen LogP contribution in [0, 0.1) is 0 Å². The molecule has 0 saturated carbocycles. The predicted octanol–water partition coefficient (Wildman–Crippen LogP) is 2.82. The summed E-state index contributed by atoms with van der Waals surface area (Å²) >= 11 is 5.45. The fourth-order valence-electron chi connectivity index (χ4n) is 1.95. The maximum atomic E-state index is 5.90. The zero-order valence-electron chi connectivity index (χ0n) is 10.7. The van der Waals surface area contributed by atoms with Gasteiger partial charge in [0.2, 0.25) is 0 Å². The quantitative estimate of drug-likeness (QED) is 0.510. The summed E-state index contributed by atoms with van der Waals surface area (Å²) in [5.74, 6) is 0.506. The molecule has 3 nitrogen and oxygen atoms in total. The van der Waals surface area contributed by atoms with E-state index in [4.69, 9.17) is 28.4 Å². The zero-order valence-corrected chi connectivity index (χ0v) is 11.5. The van der Waals surface area contributed by atoms with E-state index < -0.39 is 0 Å². The molecular weight excluding hydrogens is 256 g/mol. The van der Waals surface area contributed by atoms with Crippen LogP contribution in [-0.4, -0.2) is 12.0 Å². The minimum Gasteiger partial charge on any atom is -0.492 e. The third-order valence-corrected chi connectivity index (χ3v) is 3.26. The normalized spacial score (nSPS) is 10.2. The van der Waals surface area contributed by atoms with Crippen molar-refractivity contribution in [3.05, 3.63) is 53.6 Å². The molecule has 0 amide bonds. The standard InChI is InChI=1S/C15H16N2OS/c1-18-15-12(16)8-11(9-13(15)17)14(19)7-10-5-3-2-4-6-10/h2-6,8-9H,7,16-17H2,1H3. The molecule has 0 aromatic heterocycles. The molecule has 0 aliphatic carbocycles. The molecule has 0 aliphatic rings. The largest absolute Gasteiger partial charge is 0.492 e. The summed E-state index contributed by atoms with van der Waals surface area (Å²) < 4.78 is 5.14. The van der Waals surface area contributed by atoms with E-state index in [1.165, 1.54) is 5.56 Å². The molecule has 0 bridgehead atoms. The van der Waals surface area contributed by atoms with E-state index in [1.54, 1.807) is 19.2 Å². The Labute approximate surface area is 118 Å². The molecule has 0 heterocycles. The van der Waals surface area contributed by atoms with E-state index >= 15 is 0 Å². The number of hydrogen-bond donors (Lipinski definition) is 2. The minimum atomic E-state index is 0.506. The molecule has 0 radical (unpaired) electrons. The van der Waals surface area contributed by atoms with Gasteiger partial charge in [-0.1, -0.05) is 42.5 Å². The van der Waals surface area contributed by atoms with Crippen LogP contribution in [0.15, 0.2) is 42.5 Å². The molecule has 0 atom stereocenters. The average molecular weight is 272 g/mol. The first kappa shape index (κ1) is 13.4. The minimum absolute atomic E-state index is 0.506. The zero-order chi connectivity index (χ0) is 13.8. The second-order valence-corrected chi connectivity index (χ2v) is 4.77. The lowest BCUT2D eigenvalue weighted by Gasteiger charge is -2.11. The fourth-order valence-corrected chi connectivity index (χ4v) is 2.24. The first-order chi connectivity index (χ1) is 9.11. The summed E-state index contributed by atoms with van der Waals surface area (Å²) in [6.45, 7) is 0. The molecule has 0 fully saturated rings. The monoisotopic (exact) mass is 272 g/mol. The van der Waals surface area contributed by atoms with Crippen LogP contribution in [0.2, 0.25) is 0 Å². The highest BCUT2D eigenvalue weighted by atomic mass is 32.1. The lowest BCUT2D eigenvalue weighted by molar-refractivity contribution is 0.419. The summed E-state index contributed by atoms with van der Waals surface area (Å²) in [5.41, 5.74) is 14.9. The van der Waals surface area contributed by atoms with Gasteiger partial charge in [-0.05, 0) is 23.3 Å². The summed E-state index contributed by atoms with van der Waals surface area (Å²) in [4.78, 5) is 0.812. The van der Waals surface area contributed by atoms with Crippen molar-refractivity contribution >= 4 is 28.5 Å². The molecule has 2 rings (SSSR count). The molecule has 2 aromatic rings. The van der Waals surface area contributed by atoms with Gasteiger partial charge in [0.1, 0.15) is 0 Å². The third-order valence-electron chi connectivity index (χ3n) is 2.88. The van der Waals surface area contributed by atoms with Crippen molar-refractivity contribution < 1.29 is 4.74 Å². The topological polar surface area (TPSA) is 61.3 Å². The number of nitrogens with two attached hydrogens (primary N) is 2. The predicted molar refractivity (Wildman–Crippen MR) is 83.7 cm³/mol. The van der Waals surface area contributed by atoms with Gasteiger partial charge in [0.15, 0.2) is 5.75 Å². The molecule has 19 heavy (non-hydrogen) atoms. The average Bonchev–Trinajstić information content (AvgIpc) is 2.39. The van der Waals surface area contributed by atoms with Gasteiger partial charge < -0.3 is 16.2 Å². The highest BCUT2D eigenvalue weighted by molar-refractivity contribution is 7.80. The van der Waals surface area contributed by atoms with Gasteiger partial charge in [-0.3, -0.25) is 0 Å². The van der Waals surface area contributed by atoms with Gasteiger partial charge in [0.05, 0.1) is 18.5 Å². The molecule has 0 aliphatic heterocycles. The first-order valence-corrected chi connectivity index (χ1v) is 6.32. The van der Waals surface area contributed by atoms with E-state index in [0.29, 0.717) is 23.5 Å². The van der Waals surface area contributed by atoms with Crippen molar-refractivity contribution in [2.45, 2.75) is 6.42 Å². The maximum Gasteiger partial charge on any atom is 0.164 e. The van der Waals surface area contributed by atoms with Crippen LogP contribution in [-0.2, 0) is 6.42 Å². The Morgan fingerprint density at radius 2 is 1.68 bits per heavy atom. The smallest absolute Gasteiger partial charge is 0.164 e. The summed E-state index contributed by atoms with van der Waals surface area (Å²) in [5, 5.41) is 0. The highest BCUT2D eigenvalue weighted by Gasteiger charge is 2.10. The van der Waals surface area contributed by atoms with E-state index in [2.05, 4.69) is 0 Å². The molecule has 0 unspecified atom stereocenters. The number of thiocarbonyl (C=S) groups is 1. The van der Waals surface area contributed by atoms with Crippen molar-refractivity contribution in [1.82, 2.24) is 0 Å². The molecule has 0 spiro atoms. The van der Waals surface area contributed by atoms with E-state index in [0.717, 1.165) is 10.4 Å². The Morgan fingerprint density at radius 3 is 2.21 bits per heavy atom. The van der Waals surface area contributed by atoms with E-state index in [-0.39, 0.29) is 0 Å². The molecule has 98 valence electrons. The van der Waals surface area contributed by atoms with Gasteiger partial charge >= 0.3 is 0 Å². The van der Waals surface area contributed by atoms with Gasteiger partial charge in [-0.25, -0.2) is 0 Å². The van der Waals surface area contributed by atoms with Crippen LogP contribution in [0.25, 0.3) is 0 Å². The van der Waals surface area contributed by atoms with Gasteiger partial charge in [0, 0.05) is 11.3 Å². The second kappa shape index (κ2) is 5.71. The molecule has 2 aromatic carbocycles. The Hall–Kier alpha value is -2.07. The number of rotatable bonds is 4. The van der Waals surface area contributed by atoms with Crippen LogP contribution in [0.1, 0.15) is 11.1 Å². The van der Waals surface area contributed by atoms with Crippen LogP contribution in [0.5, 0.6) is 5.75 Å². The van der Waals surface area contributed by atoms with Crippen molar-refractivity contribution in [3.63, 3.8) is 0 Å². The number of hydrogen-bond acceptors (Lipinski definition) is 4. The number of benzene rings is 2.